The van der Waals surface area contributed by atoms with Crippen LogP contribution < -0.4 is 10.6 Å². The van der Waals surface area contributed by atoms with Crippen molar-refractivity contribution in [2.45, 2.75) is 19.4 Å². The summed E-state index contributed by atoms with van der Waals surface area (Å²) in [5.74, 6) is 0.123. The number of para-hydroxylation sites is 1. The van der Waals surface area contributed by atoms with Gasteiger partial charge < -0.3 is 15.5 Å². The number of anilines is 1. The van der Waals surface area contributed by atoms with E-state index in [0.717, 1.165) is 18.7 Å². The van der Waals surface area contributed by atoms with Gasteiger partial charge in [0.25, 0.3) is 0 Å². The average Bonchev–Trinajstić information content (AvgIpc) is 2.85. The molecule has 1 saturated heterocycles. The van der Waals surface area contributed by atoms with Gasteiger partial charge in [-0.25, -0.2) is 0 Å². The Morgan fingerprint density at radius 2 is 2.05 bits per heavy atom. The summed E-state index contributed by atoms with van der Waals surface area (Å²) in [4.78, 5) is 25.6. The number of carbonyl (C=O) groups is 2. The van der Waals surface area contributed by atoms with E-state index >= 15 is 0 Å². The maximum Gasteiger partial charge on any atom is 0.243 e. The topological polar surface area (TPSA) is 61.4 Å². The highest BCUT2D eigenvalue weighted by molar-refractivity contribution is 5.95. The number of nitrogens with zero attached hydrogens (tertiary/aromatic N) is 1. The summed E-state index contributed by atoms with van der Waals surface area (Å²) >= 11 is 0. The van der Waals surface area contributed by atoms with Crippen LogP contribution >= 0.6 is 0 Å². The Kier molecular flexibility index (Phi) is 4.74. The van der Waals surface area contributed by atoms with Crippen molar-refractivity contribution in [3.05, 3.63) is 30.3 Å². The van der Waals surface area contributed by atoms with Crippen molar-refractivity contribution in [1.29, 1.82) is 0 Å². The molecule has 1 heterocycles. The SMILES string of the molecule is CC1CCNC1C(=O)N(C)CC(=O)Nc1ccccc1. The van der Waals surface area contributed by atoms with Gasteiger partial charge in [0.2, 0.25) is 11.8 Å². The monoisotopic (exact) mass is 275 g/mol. The molecule has 0 spiro atoms. The zero-order chi connectivity index (χ0) is 14.5. The number of rotatable bonds is 4. The number of carbonyl (C=O) groups excluding carboxylic acids is 2. The molecule has 5 nitrogen and oxygen atoms in total. The zero-order valence-corrected chi connectivity index (χ0v) is 11.9. The molecule has 1 fully saturated rings. The number of likely N-dealkylation sites (N-methyl/N-ethyl adjacent to an activating group) is 1. The van der Waals surface area contributed by atoms with Crippen LogP contribution in [0, 0.1) is 5.92 Å². The van der Waals surface area contributed by atoms with E-state index in [1.54, 1.807) is 7.05 Å². The minimum absolute atomic E-state index is 0.0155. The van der Waals surface area contributed by atoms with Gasteiger partial charge in [-0.1, -0.05) is 25.1 Å². The Balaban J connectivity index is 1.86. The van der Waals surface area contributed by atoms with E-state index in [1.807, 2.05) is 30.3 Å². The highest BCUT2D eigenvalue weighted by Gasteiger charge is 2.31. The molecule has 2 atom stereocenters. The van der Waals surface area contributed by atoms with Gasteiger partial charge in [-0.05, 0) is 31.0 Å². The first-order chi connectivity index (χ1) is 9.58. The molecule has 2 unspecified atom stereocenters. The second-order valence-corrected chi connectivity index (χ2v) is 5.31. The summed E-state index contributed by atoms with van der Waals surface area (Å²) in [5, 5.41) is 5.96. The highest BCUT2D eigenvalue weighted by Crippen LogP contribution is 2.16. The van der Waals surface area contributed by atoms with Crippen molar-refractivity contribution in [3.63, 3.8) is 0 Å². The summed E-state index contributed by atoms with van der Waals surface area (Å²) in [6, 6.07) is 9.08. The van der Waals surface area contributed by atoms with Crippen molar-refractivity contribution < 1.29 is 9.59 Å². The molecule has 2 N–H and O–H groups in total. The third-order valence-corrected chi connectivity index (χ3v) is 3.61. The lowest BCUT2D eigenvalue weighted by Crippen LogP contribution is -2.46. The van der Waals surface area contributed by atoms with Crippen LogP contribution in [0.2, 0.25) is 0 Å². The van der Waals surface area contributed by atoms with Crippen LogP contribution in [0.25, 0.3) is 0 Å². The summed E-state index contributed by atoms with van der Waals surface area (Å²) in [7, 11) is 1.67. The minimum atomic E-state index is -0.183. The van der Waals surface area contributed by atoms with E-state index < -0.39 is 0 Å². The van der Waals surface area contributed by atoms with E-state index in [1.165, 1.54) is 4.90 Å². The molecule has 5 heteroatoms. The Labute approximate surface area is 119 Å². The van der Waals surface area contributed by atoms with Gasteiger partial charge in [0.15, 0.2) is 0 Å². The van der Waals surface area contributed by atoms with Crippen LogP contribution in [0.15, 0.2) is 30.3 Å². The van der Waals surface area contributed by atoms with Crippen LogP contribution in [0.1, 0.15) is 13.3 Å². The molecule has 0 aromatic heterocycles. The lowest BCUT2D eigenvalue weighted by molar-refractivity contribution is -0.135. The molecule has 1 aliphatic rings. The minimum Gasteiger partial charge on any atom is -0.335 e. The first-order valence-electron chi connectivity index (χ1n) is 6.91. The van der Waals surface area contributed by atoms with Crippen LogP contribution in [0.5, 0.6) is 0 Å². The third kappa shape index (κ3) is 3.57. The molecule has 0 aliphatic carbocycles. The maximum absolute atomic E-state index is 12.2. The van der Waals surface area contributed by atoms with Crippen LogP contribution in [-0.4, -0.2) is 42.9 Å². The first-order valence-corrected chi connectivity index (χ1v) is 6.91. The van der Waals surface area contributed by atoms with E-state index in [0.29, 0.717) is 5.92 Å². The fourth-order valence-corrected chi connectivity index (χ4v) is 2.42. The summed E-state index contributed by atoms with van der Waals surface area (Å²) < 4.78 is 0. The number of hydrogen-bond donors (Lipinski definition) is 2. The normalized spacial score (nSPS) is 21.5. The van der Waals surface area contributed by atoms with E-state index in [9.17, 15) is 9.59 Å². The van der Waals surface area contributed by atoms with Gasteiger partial charge in [-0.15, -0.1) is 0 Å². The average molecular weight is 275 g/mol. The molecule has 20 heavy (non-hydrogen) atoms. The van der Waals surface area contributed by atoms with Crippen LogP contribution in [0.4, 0.5) is 5.69 Å². The number of hydrogen-bond acceptors (Lipinski definition) is 3. The lowest BCUT2D eigenvalue weighted by atomic mass is 10.0. The molecule has 0 radical (unpaired) electrons. The van der Waals surface area contributed by atoms with E-state index in [-0.39, 0.29) is 24.4 Å². The van der Waals surface area contributed by atoms with E-state index in [4.69, 9.17) is 0 Å². The van der Waals surface area contributed by atoms with Crippen molar-refractivity contribution in [3.8, 4) is 0 Å². The Morgan fingerprint density at radius 1 is 1.35 bits per heavy atom. The summed E-state index contributed by atoms with van der Waals surface area (Å²) in [6.45, 7) is 2.99. The second-order valence-electron chi connectivity index (χ2n) is 5.31. The molecule has 2 rings (SSSR count). The predicted octanol–water partition coefficient (Wildman–Crippen LogP) is 1.08. The van der Waals surface area contributed by atoms with Crippen LogP contribution in [0.3, 0.4) is 0 Å². The molecular weight excluding hydrogens is 254 g/mol. The molecule has 108 valence electrons. The number of nitrogens with one attached hydrogen (secondary N) is 2. The Bertz CT molecular complexity index is 475. The van der Waals surface area contributed by atoms with Crippen molar-refractivity contribution in [2.75, 3.05) is 25.5 Å². The van der Waals surface area contributed by atoms with E-state index in [2.05, 4.69) is 17.6 Å². The largest absolute Gasteiger partial charge is 0.335 e. The smallest absolute Gasteiger partial charge is 0.243 e. The van der Waals surface area contributed by atoms with Crippen molar-refractivity contribution in [1.82, 2.24) is 10.2 Å². The van der Waals surface area contributed by atoms with Gasteiger partial charge in [0.1, 0.15) is 0 Å². The molecule has 0 saturated carbocycles. The standard InChI is InChI=1S/C15H21N3O2/c1-11-8-9-16-14(11)15(20)18(2)10-13(19)17-12-6-4-3-5-7-12/h3-7,11,14,16H,8-10H2,1-2H3,(H,17,19). The van der Waals surface area contributed by atoms with Crippen molar-refractivity contribution in [2.24, 2.45) is 5.92 Å². The highest BCUT2D eigenvalue weighted by atomic mass is 16.2. The van der Waals surface area contributed by atoms with Gasteiger partial charge in [0, 0.05) is 12.7 Å². The van der Waals surface area contributed by atoms with Crippen LogP contribution in [-0.2, 0) is 9.59 Å². The lowest BCUT2D eigenvalue weighted by Gasteiger charge is -2.23. The Morgan fingerprint density at radius 3 is 2.65 bits per heavy atom. The van der Waals surface area contributed by atoms with Gasteiger partial charge in [-0.2, -0.15) is 0 Å². The van der Waals surface area contributed by atoms with Crippen molar-refractivity contribution >= 4 is 17.5 Å². The molecular formula is C15H21N3O2. The maximum atomic E-state index is 12.2. The quantitative estimate of drug-likeness (QED) is 0.864. The fraction of sp³-hybridized carbons (Fsp3) is 0.467. The second kappa shape index (κ2) is 6.52. The molecule has 1 aliphatic heterocycles. The summed E-state index contributed by atoms with van der Waals surface area (Å²) in [5.41, 5.74) is 0.741. The molecule has 1 aromatic carbocycles. The number of amides is 2. The molecule has 2 amide bonds. The third-order valence-electron chi connectivity index (χ3n) is 3.61. The predicted molar refractivity (Wildman–Crippen MR) is 78.3 cm³/mol. The fourth-order valence-electron chi connectivity index (χ4n) is 2.42. The molecule has 1 aromatic rings. The summed E-state index contributed by atoms with van der Waals surface area (Å²) in [6.07, 6.45) is 1.00. The van der Waals surface area contributed by atoms with Gasteiger partial charge in [0.05, 0.1) is 12.6 Å². The number of benzene rings is 1. The molecule has 0 bridgehead atoms. The van der Waals surface area contributed by atoms with Gasteiger partial charge in [-0.3, -0.25) is 9.59 Å². The zero-order valence-electron chi connectivity index (χ0n) is 11.9. The van der Waals surface area contributed by atoms with Gasteiger partial charge >= 0.3 is 0 Å². The first kappa shape index (κ1) is 14.5. The Hall–Kier alpha value is -1.88.